The summed E-state index contributed by atoms with van der Waals surface area (Å²) in [5.41, 5.74) is 0.438. The molecule has 0 radical (unpaired) electrons. The molecule has 19 heavy (non-hydrogen) atoms. The van der Waals surface area contributed by atoms with Crippen molar-refractivity contribution in [3.05, 3.63) is 17.5 Å². The van der Waals surface area contributed by atoms with Crippen LogP contribution in [0, 0.1) is 0 Å². The number of nitrogens with zero attached hydrogens (tertiary/aromatic N) is 1. The highest BCUT2D eigenvalue weighted by molar-refractivity contribution is 5.92. The number of nitrogens with one attached hydrogen (secondary N) is 2. The fourth-order valence-electron chi connectivity index (χ4n) is 3.39. The summed E-state index contributed by atoms with van der Waals surface area (Å²) in [6.07, 6.45) is 6.88. The second kappa shape index (κ2) is 4.34. The van der Waals surface area contributed by atoms with Crippen molar-refractivity contribution in [1.82, 2.24) is 15.8 Å². The Labute approximate surface area is 112 Å². The lowest BCUT2D eigenvalue weighted by atomic mass is 10.00. The van der Waals surface area contributed by atoms with Gasteiger partial charge in [-0.05, 0) is 38.5 Å². The fourth-order valence-corrected chi connectivity index (χ4v) is 3.39. The van der Waals surface area contributed by atoms with Crippen molar-refractivity contribution in [2.75, 3.05) is 0 Å². The molecule has 3 atom stereocenters. The van der Waals surface area contributed by atoms with Crippen LogP contribution in [-0.2, 0) is 0 Å². The van der Waals surface area contributed by atoms with Crippen LogP contribution in [0.5, 0.6) is 0 Å². The first-order chi connectivity index (χ1) is 9.28. The smallest absolute Gasteiger partial charge is 0.273 e. The summed E-state index contributed by atoms with van der Waals surface area (Å²) in [5.74, 6) is 1.29. The summed E-state index contributed by atoms with van der Waals surface area (Å²) >= 11 is 0. The van der Waals surface area contributed by atoms with Gasteiger partial charge in [0.2, 0.25) is 0 Å². The van der Waals surface area contributed by atoms with E-state index < -0.39 is 0 Å². The second-order valence-corrected chi connectivity index (χ2v) is 6.17. The van der Waals surface area contributed by atoms with Crippen LogP contribution < -0.4 is 10.6 Å². The first kappa shape index (κ1) is 11.5. The van der Waals surface area contributed by atoms with Crippen molar-refractivity contribution in [3.63, 3.8) is 0 Å². The Kier molecular flexibility index (Phi) is 2.62. The molecule has 3 heterocycles. The molecule has 0 aromatic carbocycles. The van der Waals surface area contributed by atoms with Crippen molar-refractivity contribution < 1.29 is 9.32 Å². The molecule has 2 bridgehead atoms. The van der Waals surface area contributed by atoms with E-state index in [0.29, 0.717) is 23.7 Å². The molecular formula is C14H19N3O2. The van der Waals surface area contributed by atoms with Gasteiger partial charge < -0.3 is 15.2 Å². The van der Waals surface area contributed by atoms with E-state index in [1.807, 2.05) is 6.07 Å². The van der Waals surface area contributed by atoms with Crippen LogP contribution in [0.3, 0.4) is 0 Å². The van der Waals surface area contributed by atoms with E-state index in [1.165, 1.54) is 12.8 Å². The van der Waals surface area contributed by atoms with Crippen molar-refractivity contribution >= 4 is 5.91 Å². The van der Waals surface area contributed by atoms with Crippen LogP contribution >= 0.6 is 0 Å². The van der Waals surface area contributed by atoms with Crippen LogP contribution in [-0.4, -0.2) is 29.2 Å². The van der Waals surface area contributed by atoms with Crippen molar-refractivity contribution in [3.8, 4) is 0 Å². The van der Waals surface area contributed by atoms with Gasteiger partial charge in [0.1, 0.15) is 5.76 Å². The van der Waals surface area contributed by atoms with E-state index in [4.69, 9.17) is 4.52 Å². The number of amides is 1. The van der Waals surface area contributed by atoms with Gasteiger partial charge in [-0.25, -0.2) is 0 Å². The van der Waals surface area contributed by atoms with Crippen LogP contribution in [0.25, 0.3) is 0 Å². The highest BCUT2D eigenvalue weighted by Gasteiger charge is 2.35. The summed E-state index contributed by atoms with van der Waals surface area (Å²) in [7, 11) is 0. The quantitative estimate of drug-likeness (QED) is 0.866. The molecule has 4 rings (SSSR count). The number of hydrogen-bond acceptors (Lipinski definition) is 4. The topological polar surface area (TPSA) is 67.2 Å². The average Bonchev–Trinajstić information content (AvgIpc) is 3.03. The minimum Gasteiger partial charge on any atom is -0.360 e. The third kappa shape index (κ3) is 2.27. The van der Waals surface area contributed by atoms with E-state index in [1.54, 1.807) is 0 Å². The Morgan fingerprint density at radius 2 is 2.00 bits per heavy atom. The summed E-state index contributed by atoms with van der Waals surface area (Å²) in [4.78, 5) is 12.1. The van der Waals surface area contributed by atoms with Gasteiger partial charge in [-0.2, -0.15) is 0 Å². The summed E-state index contributed by atoms with van der Waals surface area (Å²) < 4.78 is 5.23. The van der Waals surface area contributed by atoms with E-state index in [9.17, 15) is 4.79 Å². The molecule has 102 valence electrons. The third-order valence-electron chi connectivity index (χ3n) is 4.55. The summed E-state index contributed by atoms with van der Waals surface area (Å²) in [5, 5.41) is 10.6. The lowest BCUT2D eigenvalue weighted by molar-refractivity contribution is 0.0914. The third-order valence-corrected chi connectivity index (χ3v) is 4.55. The van der Waals surface area contributed by atoms with Crippen LogP contribution in [0.15, 0.2) is 10.6 Å². The van der Waals surface area contributed by atoms with Gasteiger partial charge in [0.15, 0.2) is 5.69 Å². The highest BCUT2D eigenvalue weighted by atomic mass is 16.5. The molecule has 2 saturated heterocycles. The van der Waals surface area contributed by atoms with Gasteiger partial charge >= 0.3 is 0 Å². The standard InChI is InChI=1S/C14H19N3O2/c18-14(12-7-13(19-17-12)8-1-2-8)16-11-5-9-3-4-10(6-11)15-9/h7-11,15H,1-6H2,(H,16,18)/t9-,10+,11?. The predicted molar refractivity (Wildman–Crippen MR) is 68.9 cm³/mol. The van der Waals surface area contributed by atoms with Crippen molar-refractivity contribution in [1.29, 1.82) is 0 Å². The van der Waals surface area contributed by atoms with Gasteiger partial charge in [0.05, 0.1) is 0 Å². The second-order valence-electron chi connectivity index (χ2n) is 6.17. The van der Waals surface area contributed by atoms with Gasteiger partial charge in [-0.15, -0.1) is 0 Å². The van der Waals surface area contributed by atoms with Crippen LogP contribution in [0.2, 0.25) is 0 Å². The monoisotopic (exact) mass is 261 g/mol. The summed E-state index contributed by atoms with van der Waals surface area (Å²) in [6, 6.07) is 3.27. The van der Waals surface area contributed by atoms with Gasteiger partial charge in [0.25, 0.3) is 5.91 Å². The van der Waals surface area contributed by atoms with Crippen molar-refractivity contribution in [2.24, 2.45) is 0 Å². The molecule has 5 nitrogen and oxygen atoms in total. The Morgan fingerprint density at radius 1 is 1.26 bits per heavy atom. The zero-order valence-corrected chi connectivity index (χ0v) is 10.9. The SMILES string of the molecule is O=C(NC1C[C@H]2CC[C@@H](C1)N2)c1cc(C2CC2)on1. The minimum atomic E-state index is -0.0815. The zero-order valence-electron chi connectivity index (χ0n) is 10.9. The maximum Gasteiger partial charge on any atom is 0.273 e. The van der Waals surface area contributed by atoms with Crippen molar-refractivity contribution in [2.45, 2.75) is 62.6 Å². The molecule has 1 amide bonds. The minimum absolute atomic E-state index is 0.0815. The number of hydrogen-bond donors (Lipinski definition) is 2. The van der Waals surface area contributed by atoms with E-state index in [0.717, 1.165) is 31.4 Å². The number of carbonyl (C=O) groups excluding carboxylic acids is 1. The first-order valence-electron chi connectivity index (χ1n) is 7.31. The molecule has 1 saturated carbocycles. The predicted octanol–water partition coefficient (Wildman–Crippen LogP) is 1.56. The first-order valence-corrected chi connectivity index (χ1v) is 7.31. The molecule has 1 unspecified atom stereocenters. The maximum absolute atomic E-state index is 12.1. The van der Waals surface area contributed by atoms with Gasteiger partial charge in [-0.3, -0.25) is 4.79 Å². The Balaban J connectivity index is 1.40. The molecule has 0 spiro atoms. The van der Waals surface area contributed by atoms with Gasteiger partial charge in [-0.1, -0.05) is 5.16 Å². The molecule has 3 aliphatic rings. The lowest BCUT2D eigenvalue weighted by Crippen LogP contribution is -2.48. The van der Waals surface area contributed by atoms with Crippen LogP contribution in [0.1, 0.15) is 60.7 Å². The molecule has 3 fully saturated rings. The lowest BCUT2D eigenvalue weighted by Gasteiger charge is -2.29. The molecular weight excluding hydrogens is 242 g/mol. The highest BCUT2D eigenvalue weighted by Crippen LogP contribution is 2.40. The Morgan fingerprint density at radius 3 is 2.68 bits per heavy atom. The molecule has 2 aliphatic heterocycles. The normalized spacial score (nSPS) is 33.4. The van der Waals surface area contributed by atoms with E-state index in [-0.39, 0.29) is 11.9 Å². The zero-order chi connectivity index (χ0) is 12.8. The molecule has 1 aromatic rings. The summed E-state index contributed by atoms with van der Waals surface area (Å²) in [6.45, 7) is 0. The molecule has 1 aliphatic carbocycles. The van der Waals surface area contributed by atoms with E-state index >= 15 is 0 Å². The maximum atomic E-state index is 12.1. The number of fused-ring (bicyclic) bond motifs is 2. The Bertz CT molecular complexity index is 483. The average molecular weight is 261 g/mol. The molecule has 5 heteroatoms. The number of carbonyl (C=O) groups is 1. The largest absolute Gasteiger partial charge is 0.360 e. The number of aromatic nitrogens is 1. The van der Waals surface area contributed by atoms with Gasteiger partial charge in [0, 0.05) is 30.1 Å². The van der Waals surface area contributed by atoms with E-state index in [2.05, 4.69) is 15.8 Å². The van der Waals surface area contributed by atoms with Crippen LogP contribution in [0.4, 0.5) is 0 Å². The fraction of sp³-hybridized carbons (Fsp3) is 0.714. The Hall–Kier alpha value is -1.36. The number of rotatable bonds is 3. The molecule has 2 N–H and O–H groups in total. The number of piperidine rings is 1. The molecule has 1 aromatic heterocycles.